The van der Waals surface area contributed by atoms with Gasteiger partial charge in [0, 0.05) is 29.9 Å². The fourth-order valence-corrected chi connectivity index (χ4v) is 5.34. The van der Waals surface area contributed by atoms with E-state index in [1.54, 1.807) is 11.3 Å². The van der Waals surface area contributed by atoms with Crippen LogP contribution in [0.1, 0.15) is 55.0 Å². The van der Waals surface area contributed by atoms with Gasteiger partial charge in [0.2, 0.25) is 5.91 Å². The van der Waals surface area contributed by atoms with Crippen molar-refractivity contribution in [1.82, 2.24) is 9.80 Å². The quantitative estimate of drug-likeness (QED) is 0.859. The third kappa shape index (κ3) is 4.28. The highest BCUT2D eigenvalue weighted by Gasteiger charge is 2.26. The van der Waals surface area contributed by atoms with Gasteiger partial charge in [-0.2, -0.15) is 5.26 Å². The molecule has 0 bridgehead atoms. The Kier molecular flexibility index (Phi) is 6.33. The first-order chi connectivity index (χ1) is 12.5. The number of rotatable bonds is 5. The predicted molar refractivity (Wildman–Crippen MR) is 107 cm³/mol. The van der Waals surface area contributed by atoms with Crippen LogP contribution in [0, 0.1) is 11.3 Å². The van der Waals surface area contributed by atoms with Gasteiger partial charge in [-0.05, 0) is 71.7 Å². The third-order valence-corrected chi connectivity index (χ3v) is 7.24. The Bertz CT molecular complexity index is 693. The molecule has 0 saturated carbocycles. The largest absolute Gasteiger partial charge is 0.317 e. The summed E-state index contributed by atoms with van der Waals surface area (Å²) in [6, 6.07) is 3.47. The maximum Gasteiger partial charge on any atom is 0.226 e. The van der Waals surface area contributed by atoms with Crippen molar-refractivity contribution in [3.05, 3.63) is 16.0 Å². The number of fused-ring (bicyclic) bond motifs is 1. The summed E-state index contributed by atoms with van der Waals surface area (Å²) in [6.07, 6.45) is 7.14. The lowest BCUT2D eigenvalue weighted by atomic mass is 9.96. The minimum absolute atomic E-state index is 0.0212. The van der Waals surface area contributed by atoms with Crippen molar-refractivity contribution < 1.29 is 4.79 Å². The minimum atomic E-state index is 0.0212. The number of carbonyl (C=O) groups is 1. The number of carbonyl (C=O) groups excluding carboxylic acids is 1. The summed E-state index contributed by atoms with van der Waals surface area (Å²) in [7, 11) is 4.31. The lowest BCUT2D eigenvalue weighted by molar-refractivity contribution is -0.116. The molecule has 0 unspecified atom stereocenters. The smallest absolute Gasteiger partial charge is 0.226 e. The molecule has 1 fully saturated rings. The molecule has 1 aliphatic carbocycles. The Morgan fingerprint density at radius 1 is 1.42 bits per heavy atom. The molecule has 142 valence electrons. The van der Waals surface area contributed by atoms with Crippen LogP contribution in [-0.4, -0.2) is 55.0 Å². The van der Waals surface area contributed by atoms with Gasteiger partial charge in [0.1, 0.15) is 11.1 Å². The Labute approximate surface area is 161 Å². The molecule has 0 spiro atoms. The van der Waals surface area contributed by atoms with E-state index < -0.39 is 0 Å². The number of nitriles is 1. The number of thiophene rings is 1. The number of nitrogens with one attached hydrogen (secondary N) is 1. The minimum Gasteiger partial charge on any atom is -0.317 e. The van der Waals surface area contributed by atoms with Crippen LogP contribution in [0.3, 0.4) is 0 Å². The Balaban J connectivity index is 1.53. The number of aryl methyl sites for hydroxylation is 1. The van der Waals surface area contributed by atoms with Crippen molar-refractivity contribution in [2.45, 2.75) is 64.0 Å². The molecular weight excluding hydrogens is 344 g/mol. The predicted octanol–water partition coefficient (Wildman–Crippen LogP) is 3.24. The van der Waals surface area contributed by atoms with Gasteiger partial charge in [-0.15, -0.1) is 11.3 Å². The molecular formula is C20H30N4OS. The van der Waals surface area contributed by atoms with Crippen LogP contribution >= 0.6 is 11.3 Å². The van der Waals surface area contributed by atoms with Gasteiger partial charge in [-0.1, -0.05) is 0 Å². The van der Waals surface area contributed by atoms with E-state index in [-0.39, 0.29) is 5.91 Å². The maximum absolute atomic E-state index is 12.4. The molecule has 0 radical (unpaired) electrons. The van der Waals surface area contributed by atoms with Crippen LogP contribution in [0.4, 0.5) is 5.00 Å². The fraction of sp³-hybridized carbons (Fsp3) is 0.700. The molecule has 3 rings (SSSR count). The van der Waals surface area contributed by atoms with Gasteiger partial charge < -0.3 is 15.1 Å². The Morgan fingerprint density at radius 3 is 2.92 bits per heavy atom. The first-order valence-corrected chi connectivity index (χ1v) is 10.6. The van der Waals surface area contributed by atoms with Gasteiger partial charge in [0.15, 0.2) is 0 Å². The van der Waals surface area contributed by atoms with Gasteiger partial charge in [-0.3, -0.25) is 4.79 Å². The lowest BCUT2D eigenvalue weighted by Crippen LogP contribution is -2.46. The van der Waals surface area contributed by atoms with Crippen LogP contribution < -0.4 is 5.32 Å². The summed E-state index contributed by atoms with van der Waals surface area (Å²) in [6.45, 7) is 4.16. The number of nitrogens with zero attached hydrogens (tertiary/aromatic N) is 3. The molecule has 2 heterocycles. The van der Waals surface area contributed by atoms with Crippen molar-refractivity contribution in [2.75, 3.05) is 32.5 Å². The van der Waals surface area contributed by atoms with Crippen LogP contribution in [-0.2, 0) is 17.6 Å². The topological polar surface area (TPSA) is 59.4 Å². The van der Waals surface area contributed by atoms with Gasteiger partial charge in [0.25, 0.3) is 0 Å². The average molecular weight is 375 g/mol. The molecule has 2 aliphatic rings. The van der Waals surface area contributed by atoms with E-state index >= 15 is 0 Å². The van der Waals surface area contributed by atoms with Crippen molar-refractivity contribution in [3.63, 3.8) is 0 Å². The Hall–Kier alpha value is -1.42. The van der Waals surface area contributed by atoms with Crippen LogP contribution in [0.5, 0.6) is 0 Å². The number of hydrogen-bond donors (Lipinski definition) is 1. The van der Waals surface area contributed by atoms with E-state index in [1.807, 2.05) is 0 Å². The molecule has 1 aromatic heterocycles. The van der Waals surface area contributed by atoms with E-state index in [0.717, 1.165) is 50.2 Å². The average Bonchev–Trinajstić information content (AvgIpc) is 2.98. The molecule has 5 nitrogen and oxygen atoms in total. The monoisotopic (exact) mass is 374 g/mol. The molecule has 1 N–H and O–H groups in total. The molecule has 2 atom stereocenters. The Morgan fingerprint density at radius 2 is 2.19 bits per heavy atom. The van der Waals surface area contributed by atoms with E-state index in [0.29, 0.717) is 24.1 Å². The summed E-state index contributed by atoms with van der Waals surface area (Å²) in [5.41, 5.74) is 1.88. The molecule has 1 aromatic rings. The fourth-order valence-electron chi connectivity index (χ4n) is 4.09. The number of hydrogen-bond acceptors (Lipinski definition) is 5. The normalized spacial score (nSPS) is 23.5. The maximum atomic E-state index is 12.4. The molecule has 1 saturated heterocycles. The highest BCUT2D eigenvalue weighted by atomic mass is 32.1. The number of likely N-dealkylation sites (tertiary alicyclic amines) is 1. The highest BCUT2D eigenvalue weighted by molar-refractivity contribution is 7.16. The molecule has 1 amide bonds. The lowest BCUT2D eigenvalue weighted by Gasteiger charge is -2.39. The SMILES string of the molecule is C[C@@H]1C[C@@H](N(C)CCC(=O)Nc2sc3c(c2C#N)CCCC3)CCN1C. The summed E-state index contributed by atoms with van der Waals surface area (Å²) in [5, 5.41) is 13.3. The first kappa shape index (κ1) is 19.3. The zero-order valence-corrected chi connectivity index (χ0v) is 17.0. The second-order valence-electron chi connectivity index (χ2n) is 7.81. The first-order valence-electron chi connectivity index (χ1n) is 9.74. The highest BCUT2D eigenvalue weighted by Crippen LogP contribution is 2.37. The zero-order chi connectivity index (χ0) is 18.7. The number of piperidine rings is 1. The summed E-state index contributed by atoms with van der Waals surface area (Å²) >= 11 is 1.60. The zero-order valence-electron chi connectivity index (χ0n) is 16.2. The van der Waals surface area contributed by atoms with Crippen molar-refractivity contribution in [2.24, 2.45) is 0 Å². The van der Waals surface area contributed by atoms with E-state index in [2.05, 4.69) is 42.2 Å². The van der Waals surface area contributed by atoms with Crippen LogP contribution in [0.2, 0.25) is 0 Å². The van der Waals surface area contributed by atoms with Gasteiger partial charge in [-0.25, -0.2) is 0 Å². The second kappa shape index (κ2) is 8.51. The summed E-state index contributed by atoms with van der Waals surface area (Å²) in [5.74, 6) is 0.0212. The van der Waals surface area contributed by atoms with Crippen molar-refractivity contribution in [3.8, 4) is 6.07 Å². The van der Waals surface area contributed by atoms with Crippen molar-refractivity contribution in [1.29, 1.82) is 5.26 Å². The molecule has 1 aliphatic heterocycles. The molecule has 6 heteroatoms. The second-order valence-corrected chi connectivity index (χ2v) is 8.92. The van der Waals surface area contributed by atoms with Gasteiger partial charge >= 0.3 is 0 Å². The standard InChI is InChI=1S/C20H30N4OS/c1-14-12-15(8-10-23(14)2)24(3)11-9-19(25)22-20-17(13-21)16-6-4-5-7-18(16)26-20/h14-15H,4-12H2,1-3H3,(H,22,25)/t14-,15+/m1/s1. The van der Waals surface area contributed by atoms with Crippen LogP contribution in [0.15, 0.2) is 0 Å². The molecule has 26 heavy (non-hydrogen) atoms. The van der Waals surface area contributed by atoms with E-state index in [1.165, 1.54) is 16.9 Å². The van der Waals surface area contributed by atoms with E-state index in [9.17, 15) is 10.1 Å². The van der Waals surface area contributed by atoms with Crippen molar-refractivity contribution >= 4 is 22.2 Å². The summed E-state index contributed by atoms with van der Waals surface area (Å²) in [4.78, 5) is 18.5. The van der Waals surface area contributed by atoms with E-state index in [4.69, 9.17) is 0 Å². The third-order valence-electron chi connectivity index (χ3n) is 6.03. The van der Waals surface area contributed by atoms with Crippen LogP contribution in [0.25, 0.3) is 0 Å². The summed E-state index contributed by atoms with van der Waals surface area (Å²) < 4.78 is 0. The van der Waals surface area contributed by atoms with Gasteiger partial charge in [0.05, 0.1) is 5.56 Å². The number of amides is 1. The molecule has 0 aromatic carbocycles. The number of anilines is 1.